The predicted molar refractivity (Wildman–Crippen MR) is 98.1 cm³/mol. The highest BCUT2D eigenvalue weighted by molar-refractivity contribution is 5.86. The molecule has 144 valence electrons. The Bertz CT molecular complexity index is 682. The monoisotopic (exact) mass is 363 g/mol. The van der Waals surface area contributed by atoms with E-state index in [1.165, 1.54) is 4.90 Å². The summed E-state index contributed by atoms with van der Waals surface area (Å²) in [7, 11) is 1.62. The first-order chi connectivity index (χ1) is 12.1. The first kappa shape index (κ1) is 20.0. The third-order valence-electron chi connectivity index (χ3n) is 4.36. The van der Waals surface area contributed by atoms with E-state index in [2.05, 4.69) is 10.3 Å². The van der Waals surface area contributed by atoms with Gasteiger partial charge in [0.2, 0.25) is 5.91 Å². The molecule has 1 N–H and O–H groups in total. The largest absolute Gasteiger partial charge is 0.496 e. The van der Waals surface area contributed by atoms with Crippen LogP contribution in [-0.4, -0.2) is 47.2 Å². The van der Waals surface area contributed by atoms with Crippen molar-refractivity contribution in [1.29, 1.82) is 0 Å². The van der Waals surface area contributed by atoms with E-state index in [1.807, 2.05) is 34.6 Å². The number of rotatable bonds is 4. The molecule has 1 aromatic heterocycles. The molecule has 2 amide bonds. The zero-order valence-electron chi connectivity index (χ0n) is 16.5. The fourth-order valence-corrected chi connectivity index (χ4v) is 3.12. The van der Waals surface area contributed by atoms with Crippen molar-refractivity contribution in [1.82, 2.24) is 15.2 Å². The van der Waals surface area contributed by atoms with Gasteiger partial charge < -0.3 is 14.8 Å². The zero-order valence-corrected chi connectivity index (χ0v) is 16.5. The average Bonchev–Trinajstić information content (AvgIpc) is 3.02. The number of hydrogen-bond acceptors (Lipinski definition) is 5. The van der Waals surface area contributed by atoms with Crippen LogP contribution in [0.2, 0.25) is 0 Å². The molecule has 2 rings (SSSR count). The molecule has 1 unspecified atom stereocenters. The van der Waals surface area contributed by atoms with Gasteiger partial charge in [-0.25, -0.2) is 4.79 Å². The molecular weight excluding hydrogens is 334 g/mol. The standard InChI is InChI=1S/C19H29N3O4/c1-12-10-20-14(13(2)16(12)25-6)11-21-17(23)15-8-7-9-22(15)18(24)26-19(3,4)5/h10,15H,7-9,11H2,1-6H3,(H,21,23). The number of aryl methyl sites for hydroxylation is 1. The van der Waals surface area contributed by atoms with Gasteiger partial charge in [0.1, 0.15) is 17.4 Å². The van der Waals surface area contributed by atoms with Gasteiger partial charge in [0.05, 0.1) is 19.3 Å². The molecule has 0 saturated carbocycles. The summed E-state index contributed by atoms with van der Waals surface area (Å²) in [6.07, 6.45) is 2.71. The van der Waals surface area contributed by atoms with Crippen molar-refractivity contribution < 1.29 is 19.1 Å². The molecule has 1 atom stereocenters. The second kappa shape index (κ2) is 7.93. The highest BCUT2D eigenvalue weighted by atomic mass is 16.6. The van der Waals surface area contributed by atoms with Crippen LogP contribution in [0.5, 0.6) is 5.75 Å². The van der Waals surface area contributed by atoms with E-state index in [1.54, 1.807) is 13.3 Å². The molecule has 0 bridgehead atoms. The molecule has 0 radical (unpaired) electrons. The Hall–Kier alpha value is -2.31. The molecule has 0 spiro atoms. The van der Waals surface area contributed by atoms with Crippen LogP contribution >= 0.6 is 0 Å². The number of carbonyl (C=O) groups excluding carboxylic acids is 2. The third-order valence-corrected chi connectivity index (χ3v) is 4.36. The Kier molecular flexibility index (Phi) is 6.10. The van der Waals surface area contributed by atoms with E-state index in [0.29, 0.717) is 19.5 Å². The summed E-state index contributed by atoms with van der Waals surface area (Å²) < 4.78 is 10.8. The van der Waals surface area contributed by atoms with Crippen molar-refractivity contribution in [2.24, 2.45) is 0 Å². The Morgan fingerprint density at radius 1 is 1.35 bits per heavy atom. The first-order valence-corrected chi connectivity index (χ1v) is 8.90. The molecule has 2 heterocycles. The van der Waals surface area contributed by atoms with Crippen LogP contribution in [0.15, 0.2) is 6.20 Å². The van der Waals surface area contributed by atoms with Gasteiger partial charge in [0.25, 0.3) is 0 Å². The van der Waals surface area contributed by atoms with E-state index < -0.39 is 17.7 Å². The van der Waals surface area contributed by atoms with E-state index in [4.69, 9.17) is 9.47 Å². The number of nitrogens with one attached hydrogen (secondary N) is 1. The molecule has 1 aliphatic rings. The summed E-state index contributed by atoms with van der Waals surface area (Å²) in [5.41, 5.74) is 2.03. The molecule has 0 aromatic carbocycles. The molecule has 7 nitrogen and oxygen atoms in total. The normalized spacial score (nSPS) is 17.2. The minimum absolute atomic E-state index is 0.186. The number of hydrogen-bond donors (Lipinski definition) is 1. The highest BCUT2D eigenvalue weighted by Crippen LogP contribution is 2.24. The first-order valence-electron chi connectivity index (χ1n) is 8.90. The van der Waals surface area contributed by atoms with Crippen LogP contribution in [0.3, 0.4) is 0 Å². The van der Waals surface area contributed by atoms with Crippen molar-refractivity contribution in [3.8, 4) is 5.75 Å². The second-order valence-electron chi connectivity index (χ2n) is 7.60. The molecule has 7 heteroatoms. The molecule has 0 aliphatic carbocycles. The topological polar surface area (TPSA) is 80.8 Å². The molecule has 26 heavy (non-hydrogen) atoms. The number of methoxy groups -OCH3 is 1. The summed E-state index contributed by atoms with van der Waals surface area (Å²) in [6.45, 7) is 10.1. The summed E-state index contributed by atoms with van der Waals surface area (Å²) >= 11 is 0. The van der Waals surface area contributed by atoms with Crippen molar-refractivity contribution in [3.05, 3.63) is 23.0 Å². The zero-order chi connectivity index (χ0) is 19.5. The van der Waals surface area contributed by atoms with Gasteiger partial charge in [-0.1, -0.05) is 0 Å². The summed E-state index contributed by atoms with van der Waals surface area (Å²) in [5, 5.41) is 2.89. The van der Waals surface area contributed by atoms with Crippen molar-refractivity contribution in [2.45, 2.75) is 65.6 Å². The number of nitrogens with zero attached hydrogens (tertiary/aromatic N) is 2. The van der Waals surface area contributed by atoms with Crippen LogP contribution in [0, 0.1) is 13.8 Å². The van der Waals surface area contributed by atoms with Gasteiger partial charge in [-0.05, 0) is 47.5 Å². The number of carbonyl (C=O) groups is 2. The molecular formula is C19H29N3O4. The fraction of sp³-hybridized carbons (Fsp3) is 0.632. The number of likely N-dealkylation sites (tertiary alicyclic amines) is 1. The number of amides is 2. The van der Waals surface area contributed by atoms with E-state index >= 15 is 0 Å². The fourth-order valence-electron chi connectivity index (χ4n) is 3.12. The smallest absolute Gasteiger partial charge is 0.410 e. The van der Waals surface area contributed by atoms with Gasteiger partial charge in [-0.2, -0.15) is 0 Å². The summed E-state index contributed by atoms with van der Waals surface area (Å²) in [5.74, 6) is 0.592. The number of pyridine rings is 1. The summed E-state index contributed by atoms with van der Waals surface area (Å²) in [4.78, 5) is 30.8. The molecule has 1 saturated heterocycles. The Labute approximate surface area is 155 Å². The maximum Gasteiger partial charge on any atom is 0.410 e. The van der Waals surface area contributed by atoms with Crippen LogP contribution in [0.4, 0.5) is 4.79 Å². The van der Waals surface area contributed by atoms with Crippen LogP contribution in [0.25, 0.3) is 0 Å². The van der Waals surface area contributed by atoms with Crippen molar-refractivity contribution in [3.63, 3.8) is 0 Å². The molecule has 1 aromatic rings. The van der Waals surface area contributed by atoms with E-state index in [0.717, 1.165) is 29.0 Å². The maximum absolute atomic E-state index is 12.6. The Morgan fingerprint density at radius 3 is 2.65 bits per heavy atom. The van der Waals surface area contributed by atoms with Crippen molar-refractivity contribution in [2.75, 3.05) is 13.7 Å². The van der Waals surface area contributed by atoms with Crippen LogP contribution in [-0.2, 0) is 16.1 Å². The van der Waals surface area contributed by atoms with Gasteiger partial charge in [-0.3, -0.25) is 14.7 Å². The van der Waals surface area contributed by atoms with Crippen molar-refractivity contribution >= 4 is 12.0 Å². The number of aromatic nitrogens is 1. The lowest BCUT2D eigenvalue weighted by Gasteiger charge is -2.28. The quantitative estimate of drug-likeness (QED) is 0.890. The SMILES string of the molecule is COc1c(C)cnc(CNC(=O)C2CCCN2C(=O)OC(C)(C)C)c1C. The minimum Gasteiger partial charge on any atom is -0.496 e. The average molecular weight is 363 g/mol. The number of ether oxygens (including phenoxy) is 2. The Morgan fingerprint density at radius 2 is 2.04 bits per heavy atom. The lowest BCUT2D eigenvalue weighted by atomic mass is 10.1. The van der Waals surface area contributed by atoms with Gasteiger partial charge in [-0.15, -0.1) is 0 Å². The third kappa shape index (κ3) is 4.65. The molecule has 1 aliphatic heterocycles. The van der Waals surface area contributed by atoms with Gasteiger partial charge >= 0.3 is 6.09 Å². The lowest BCUT2D eigenvalue weighted by Crippen LogP contribution is -2.47. The second-order valence-corrected chi connectivity index (χ2v) is 7.60. The van der Waals surface area contributed by atoms with Gasteiger partial charge in [0, 0.05) is 23.9 Å². The predicted octanol–water partition coefficient (Wildman–Crippen LogP) is 2.72. The minimum atomic E-state index is -0.583. The van der Waals surface area contributed by atoms with Gasteiger partial charge in [0.15, 0.2) is 0 Å². The molecule has 1 fully saturated rings. The highest BCUT2D eigenvalue weighted by Gasteiger charge is 2.36. The van der Waals surface area contributed by atoms with E-state index in [-0.39, 0.29) is 5.91 Å². The summed E-state index contributed by atoms with van der Waals surface area (Å²) in [6, 6.07) is -0.502. The van der Waals surface area contributed by atoms with E-state index in [9.17, 15) is 9.59 Å². The van der Waals surface area contributed by atoms with Crippen LogP contribution in [0.1, 0.15) is 50.4 Å². The Balaban J connectivity index is 2.02. The van der Waals surface area contributed by atoms with Crippen LogP contribution < -0.4 is 10.1 Å². The maximum atomic E-state index is 12.6. The lowest BCUT2D eigenvalue weighted by molar-refractivity contribution is -0.125.